The van der Waals surface area contributed by atoms with E-state index in [1.807, 2.05) is 0 Å². The topological polar surface area (TPSA) is 78.9 Å². The molecule has 6 heteroatoms. The fourth-order valence-electron chi connectivity index (χ4n) is 10.8. The molecular weight excluding hydrogens is 973 g/mol. The molecule has 464 valence electrons. The van der Waals surface area contributed by atoms with Crippen molar-refractivity contribution in [2.45, 2.75) is 399 Å². The first-order valence-electron chi connectivity index (χ1n) is 35.5. The number of ether oxygens (including phenoxy) is 3. The lowest BCUT2D eigenvalue weighted by Gasteiger charge is -2.18. The van der Waals surface area contributed by atoms with Gasteiger partial charge in [0.05, 0.1) is 0 Å². The molecule has 1 atom stereocenters. The van der Waals surface area contributed by atoms with Crippen molar-refractivity contribution < 1.29 is 28.6 Å². The number of allylic oxidation sites excluding steroid dienone is 6. The normalized spacial score (nSPS) is 12.2. The van der Waals surface area contributed by atoms with Crippen LogP contribution < -0.4 is 0 Å². The van der Waals surface area contributed by atoms with Gasteiger partial charge in [0, 0.05) is 19.3 Å². The van der Waals surface area contributed by atoms with Crippen LogP contribution in [0, 0.1) is 0 Å². The lowest BCUT2D eigenvalue weighted by atomic mass is 10.0. The second kappa shape index (κ2) is 68.1. The minimum atomic E-state index is -0.781. The third kappa shape index (κ3) is 66.3. The van der Waals surface area contributed by atoms with E-state index in [-0.39, 0.29) is 31.1 Å². The predicted octanol–water partition coefficient (Wildman–Crippen LogP) is 24.3. The molecule has 0 aromatic heterocycles. The third-order valence-corrected chi connectivity index (χ3v) is 16.1. The summed E-state index contributed by atoms with van der Waals surface area (Å²) in [6.45, 7) is 6.64. The Balaban J connectivity index is 4.08. The highest BCUT2D eigenvalue weighted by Crippen LogP contribution is 2.19. The molecule has 0 fully saturated rings. The van der Waals surface area contributed by atoms with Gasteiger partial charge < -0.3 is 14.2 Å². The largest absolute Gasteiger partial charge is 0.462 e. The molecule has 0 spiro atoms. The molecule has 0 aliphatic carbocycles. The summed E-state index contributed by atoms with van der Waals surface area (Å²) < 4.78 is 16.9. The maximum atomic E-state index is 12.9. The molecule has 0 amide bonds. The first-order valence-corrected chi connectivity index (χ1v) is 35.5. The Kier molecular flexibility index (Phi) is 66.1. The molecule has 0 aliphatic heterocycles. The van der Waals surface area contributed by atoms with Crippen LogP contribution in [0.2, 0.25) is 0 Å². The molecule has 0 radical (unpaired) electrons. The number of hydrogen-bond donors (Lipinski definition) is 0. The van der Waals surface area contributed by atoms with Crippen LogP contribution in [0.4, 0.5) is 0 Å². The molecular formula is C73H136O6. The fourth-order valence-corrected chi connectivity index (χ4v) is 10.8. The Morgan fingerprint density at radius 2 is 0.456 bits per heavy atom. The second-order valence-electron chi connectivity index (χ2n) is 24.1. The van der Waals surface area contributed by atoms with Gasteiger partial charge in [-0.15, -0.1) is 0 Å². The van der Waals surface area contributed by atoms with Gasteiger partial charge in [-0.25, -0.2) is 0 Å². The van der Waals surface area contributed by atoms with Crippen molar-refractivity contribution in [1.29, 1.82) is 0 Å². The van der Waals surface area contributed by atoms with Crippen molar-refractivity contribution in [3.8, 4) is 0 Å². The summed E-state index contributed by atoms with van der Waals surface area (Å²) >= 11 is 0. The monoisotopic (exact) mass is 1110 g/mol. The predicted molar refractivity (Wildman–Crippen MR) is 344 cm³/mol. The van der Waals surface area contributed by atoms with Crippen molar-refractivity contribution >= 4 is 17.9 Å². The van der Waals surface area contributed by atoms with Crippen LogP contribution in [-0.4, -0.2) is 37.2 Å². The van der Waals surface area contributed by atoms with Crippen LogP contribution >= 0.6 is 0 Å². The molecule has 6 nitrogen and oxygen atoms in total. The molecule has 79 heavy (non-hydrogen) atoms. The number of rotatable bonds is 66. The zero-order valence-electron chi connectivity index (χ0n) is 53.4. The van der Waals surface area contributed by atoms with Crippen molar-refractivity contribution in [3.05, 3.63) is 36.5 Å². The second-order valence-corrected chi connectivity index (χ2v) is 24.1. The lowest BCUT2D eigenvalue weighted by molar-refractivity contribution is -0.167. The molecule has 0 heterocycles. The Hall–Kier alpha value is -2.37. The SMILES string of the molecule is CCCCC/C=C\C/C=C\CCCCCCCC(=O)OC(COC(=O)CCCCCCC/C=C\CCCCCC)COC(=O)CCCCCCCCCCCCCCCCCCCCCCCCCCCCCCCCCCC. The van der Waals surface area contributed by atoms with E-state index in [2.05, 4.69) is 57.2 Å². The summed E-state index contributed by atoms with van der Waals surface area (Å²) in [7, 11) is 0. The van der Waals surface area contributed by atoms with E-state index in [9.17, 15) is 14.4 Å². The van der Waals surface area contributed by atoms with Crippen LogP contribution in [0.15, 0.2) is 36.5 Å². The van der Waals surface area contributed by atoms with Gasteiger partial charge in [-0.3, -0.25) is 14.4 Å². The Morgan fingerprint density at radius 1 is 0.253 bits per heavy atom. The van der Waals surface area contributed by atoms with Crippen LogP contribution in [0.5, 0.6) is 0 Å². The Bertz CT molecular complexity index is 1320. The highest BCUT2D eigenvalue weighted by atomic mass is 16.6. The van der Waals surface area contributed by atoms with Crippen LogP contribution in [-0.2, 0) is 28.6 Å². The maximum absolute atomic E-state index is 12.9. The number of carbonyl (C=O) groups excluding carboxylic acids is 3. The molecule has 0 bridgehead atoms. The van der Waals surface area contributed by atoms with Crippen LogP contribution in [0.25, 0.3) is 0 Å². The van der Waals surface area contributed by atoms with Crippen molar-refractivity contribution in [1.82, 2.24) is 0 Å². The molecule has 0 saturated heterocycles. The minimum absolute atomic E-state index is 0.0765. The summed E-state index contributed by atoms with van der Waals surface area (Å²) in [5, 5.41) is 0. The highest BCUT2D eigenvalue weighted by Gasteiger charge is 2.19. The number of esters is 3. The summed E-state index contributed by atoms with van der Waals surface area (Å²) in [6.07, 6.45) is 84.8. The van der Waals surface area contributed by atoms with Gasteiger partial charge in [-0.1, -0.05) is 333 Å². The summed E-state index contributed by atoms with van der Waals surface area (Å²) in [6, 6.07) is 0. The average molecular weight is 1110 g/mol. The van der Waals surface area contributed by atoms with Gasteiger partial charge in [-0.2, -0.15) is 0 Å². The van der Waals surface area contributed by atoms with Crippen LogP contribution in [0.1, 0.15) is 393 Å². The average Bonchev–Trinajstić information content (AvgIpc) is 3.45. The van der Waals surface area contributed by atoms with Gasteiger partial charge in [0.2, 0.25) is 0 Å². The van der Waals surface area contributed by atoms with Crippen molar-refractivity contribution in [2.24, 2.45) is 0 Å². The van der Waals surface area contributed by atoms with E-state index < -0.39 is 6.10 Å². The smallest absolute Gasteiger partial charge is 0.306 e. The van der Waals surface area contributed by atoms with Crippen LogP contribution in [0.3, 0.4) is 0 Å². The lowest BCUT2D eigenvalue weighted by Crippen LogP contribution is -2.30. The maximum Gasteiger partial charge on any atom is 0.306 e. The number of unbranched alkanes of at least 4 members (excludes halogenated alkanes) is 49. The zero-order chi connectivity index (χ0) is 57.1. The molecule has 0 rings (SSSR count). The van der Waals surface area contributed by atoms with E-state index in [0.29, 0.717) is 19.3 Å². The first-order chi connectivity index (χ1) is 39.0. The standard InChI is InChI=1S/C73H136O6/c1-4-7-10-13-16-19-22-25-27-28-29-30-31-32-33-34-35-36-37-38-39-40-41-42-43-44-46-48-51-54-57-60-63-66-72(75)78-69-70(68-77-71(74)65-62-59-56-53-50-47-24-21-18-15-12-9-6-3)79-73(76)67-64-61-58-55-52-49-45-26-23-20-17-14-11-8-5-2/h17,20-21,24,26,45,70H,4-16,18-19,22-23,25,27-44,46-69H2,1-3H3/b20-17-,24-21-,45-26-. The van der Waals surface area contributed by atoms with Gasteiger partial charge in [0.25, 0.3) is 0 Å². The molecule has 0 aromatic rings. The van der Waals surface area contributed by atoms with Crippen molar-refractivity contribution in [3.63, 3.8) is 0 Å². The molecule has 0 N–H and O–H groups in total. The van der Waals surface area contributed by atoms with Gasteiger partial charge in [-0.05, 0) is 77.0 Å². The van der Waals surface area contributed by atoms with Crippen molar-refractivity contribution in [2.75, 3.05) is 13.2 Å². The highest BCUT2D eigenvalue weighted by molar-refractivity contribution is 5.71. The van der Waals surface area contributed by atoms with E-state index in [4.69, 9.17) is 14.2 Å². The van der Waals surface area contributed by atoms with Gasteiger partial charge in [0.15, 0.2) is 6.10 Å². The van der Waals surface area contributed by atoms with Gasteiger partial charge in [0.1, 0.15) is 13.2 Å². The molecule has 0 aromatic carbocycles. The molecule has 1 unspecified atom stereocenters. The Labute approximate surface area is 493 Å². The molecule has 0 aliphatic rings. The summed E-state index contributed by atoms with van der Waals surface area (Å²) in [5.41, 5.74) is 0. The van der Waals surface area contributed by atoms with E-state index in [1.165, 1.54) is 263 Å². The minimum Gasteiger partial charge on any atom is -0.462 e. The first kappa shape index (κ1) is 76.6. The van der Waals surface area contributed by atoms with E-state index in [1.54, 1.807) is 0 Å². The third-order valence-electron chi connectivity index (χ3n) is 16.1. The van der Waals surface area contributed by atoms with E-state index in [0.717, 1.165) is 89.9 Å². The summed E-state index contributed by atoms with van der Waals surface area (Å²) in [4.78, 5) is 38.3. The van der Waals surface area contributed by atoms with Gasteiger partial charge >= 0.3 is 17.9 Å². The number of hydrogen-bond acceptors (Lipinski definition) is 6. The quantitative estimate of drug-likeness (QED) is 0.0261. The fraction of sp³-hybridized carbons (Fsp3) is 0.877. The summed E-state index contributed by atoms with van der Waals surface area (Å²) in [5.74, 6) is -0.876. The molecule has 0 saturated carbocycles. The zero-order valence-corrected chi connectivity index (χ0v) is 53.4. The van der Waals surface area contributed by atoms with E-state index >= 15 is 0 Å². The Morgan fingerprint density at radius 3 is 0.747 bits per heavy atom. The number of carbonyl (C=O) groups is 3.